The van der Waals surface area contributed by atoms with Crippen molar-refractivity contribution in [3.63, 3.8) is 0 Å². The zero-order valence-corrected chi connectivity index (χ0v) is 11.9. The van der Waals surface area contributed by atoms with Crippen LogP contribution in [0.3, 0.4) is 0 Å². The predicted octanol–water partition coefficient (Wildman–Crippen LogP) is 4.21. The van der Waals surface area contributed by atoms with Crippen LogP contribution in [0, 0.1) is 0 Å². The van der Waals surface area contributed by atoms with Gasteiger partial charge in [0.15, 0.2) is 0 Å². The first-order chi connectivity index (χ1) is 9.24. The van der Waals surface area contributed by atoms with Crippen LogP contribution < -0.4 is 5.32 Å². The van der Waals surface area contributed by atoms with Crippen LogP contribution in [0.2, 0.25) is 5.02 Å². The minimum atomic E-state index is 0.00301. The van der Waals surface area contributed by atoms with Crippen molar-refractivity contribution >= 4 is 35.0 Å². The number of halogens is 1. The molecule has 0 spiro atoms. The van der Waals surface area contributed by atoms with Gasteiger partial charge in [0.2, 0.25) is 5.91 Å². The fourth-order valence-corrected chi connectivity index (χ4v) is 2.48. The molecule has 2 rings (SSSR count). The molecule has 1 amide bonds. The SMILES string of the molecule is O=C(CSCc1ccccc1)Nc1ccc(Cl)cc1. The Balaban J connectivity index is 1.74. The molecular weight excluding hydrogens is 278 g/mol. The summed E-state index contributed by atoms with van der Waals surface area (Å²) in [6.07, 6.45) is 0. The maximum absolute atomic E-state index is 11.7. The van der Waals surface area contributed by atoms with Crippen molar-refractivity contribution < 1.29 is 4.79 Å². The average molecular weight is 292 g/mol. The molecule has 2 aromatic carbocycles. The Kier molecular flexibility index (Phi) is 5.31. The average Bonchev–Trinajstić information content (AvgIpc) is 2.43. The van der Waals surface area contributed by atoms with Crippen LogP contribution in [-0.2, 0) is 10.5 Å². The molecule has 2 aromatic rings. The number of hydrogen-bond acceptors (Lipinski definition) is 2. The van der Waals surface area contributed by atoms with Gasteiger partial charge in [-0.3, -0.25) is 4.79 Å². The second-order valence-corrected chi connectivity index (χ2v) is 5.46. The summed E-state index contributed by atoms with van der Waals surface area (Å²) in [5.74, 6) is 1.29. The van der Waals surface area contributed by atoms with Gasteiger partial charge in [0, 0.05) is 16.5 Å². The number of nitrogens with one attached hydrogen (secondary N) is 1. The largest absolute Gasteiger partial charge is 0.325 e. The lowest BCUT2D eigenvalue weighted by atomic mass is 10.2. The van der Waals surface area contributed by atoms with Gasteiger partial charge in [-0.15, -0.1) is 11.8 Å². The topological polar surface area (TPSA) is 29.1 Å². The Morgan fingerprint density at radius 1 is 1.05 bits per heavy atom. The number of carbonyl (C=O) groups excluding carboxylic acids is 1. The molecule has 0 fully saturated rings. The smallest absolute Gasteiger partial charge is 0.234 e. The summed E-state index contributed by atoms with van der Waals surface area (Å²) in [7, 11) is 0. The maximum Gasteiger partial charge on any atom is 0.234 e. The molecule has 0 radical (unpaired) electrons. The molecule has 4 heteroatoms. The molecular formula is C15H14ClNOS. The molecule has 0 saturated heterocycles. The fourth-order valence-electron chi connectivity index (χ4n) is 1.57. The first-order valence-electron chi connectivity index (χ1n) is 5.91. The van der Waals surface area contributed by atoms with Gasteiger partial charge in [0.05, 0.1) is 5.75 Å². The van der Waals surface area contributed by atoms with Gasteiger partial charge in [0.1, 0.15) is 0 Å². The first-order valence-corrected chi connectivity index (χ1v) is 7.44. The van der Waals surface area contributed by atoms with E-state index in [0.29, 0.717) is 10.8 Å². The molecule has 0 unspecified atom stereocenters. The third-order valence-corrected chi connectivity index (χ3v) is 3.73. The number of benzene rings is 2. The quantitative estimate of drug-likeness (QED) is 0.894. The van der Waals surface area contributed by atoms with Crippen LogP contribution in [0.5, 0.6) is 0 Å². The van der Waals surface area contributed by atoms with Gasteiger partial charge in [-0.2, -0.15) is 0 Å². The van der Waals surface area contributed by atoms with Gasteiger partial charge in [-0.25, -0.2) is 0 Å². The Morgan fingerprint density at radius 2 is 1.74 bits per heavy atom. The van der Waals surface area contributed by atoms with E-state index in [1.54, 1.807) is 36.0 Å². The van der Waals surface area contributed by atoms with Gasteiger partial charge in [0.25, 0.3) is 0 Å². The lowest BCUT2D eigenvalue weighted by Crippen LogP contribution is -2.14. The van der Waals surface area contributed by atoms with Crippen molar-refractivity contribution in [3.8, 4) is 0 Å². The van der Waals surface area contributed by atoms with Gasteiger partial charge in [-0.05, 0) is 29.8 Å². The molecule has 19 heavy (non-hydrogen) atoms. The van der Waals surface area contributed by atoms with Crippen molar-refractivity contribution in [3.05, 3.63) is 65.2 Å². The van der Waals surface area contributed by atoms with Crippen molar-refractivity contribution in [2.24, 2.45) is 0 Å². The molecule has 0 aliphatic rings. The lowest BCUT2D eigenvalue weighted by molar-refractivity contribution is -0.113. The Hall–Kier alpha value is -1.45. The minimum absolute atomic E-state index is 0.00301. The van der Waals surface area contributed by atoms with E-state index in [1.807, 2.05) is 18.2 Å². The third-order valence-electron chi connectivity index (χ3n) is 2.47. The predicted molar refractivity (Wildman–Crippen MR) is 82.7 cm³/mol. The van der Waals surface area contributed by atoms with E-state index in [1.165, 1.54) is 5.56 Å². The molecule has 2 nitrogen and oxygen atoms in total. The van der Waals surface area contributed by atoms with E-state index in [0.717, 1.165) is 11.4 Å². The van der Waals surface area contributed by atoms with Gasteiger partial charge < -0.3 is 5.32 Å². The Bertz CT molecular complexity index is 528. The van der Waals surface area contributed by atoms with E-state index in [9.17, 15) is 4.79 Å². The highest BCUT2D eigenvalue weighted by Gasteiger charge is 2.02. The molecule has 0 bridgehead atoms. The first kappa shape index (κ1) is 14.0. The monoisotopic (exact) mass is 291 g/mol. The molecule has 1 N–H and O–H groups in total. The third kappa shape index (κ3) is 4.97. The van der Waals surface area contributed by atoms with Crippen molar-refractivity contribution in [2.75, 3.05) is 11.1 Å². The summed E-state index contributed by atoms with van der Waals surface area (Å²) in [5.41, 5.74) is 2.00. The zero-order valence-electron chi connectivity index (χ0n) is 10.3. The number of carbonyl (C=O) groups is 1. The van der Waals surface area contributed by atoms with Gasteiger partial charge >= 0.3 is 0 Å². The van der Waals surface area contributed by atoms with E-state index in [-0.39, 0.29) is 5.91 Å². The normalized spacial score (nSPS) is 10.2. The Labute approximate surface area is 122 Å². The van der Waals surface area contributed by atoms with E-state index in [2.05, 4.69) is 17.4 Å². The van der Waals surface area contributed by atoms with Crippen molar-refractivity contribution in [1.82, 2.24) is 0 Å². The number of thioether (sulfide) groups is 1. The molecule has 0 atom stereocenters. The lowest BCUT2D eigenvalue weighted by Gasteiger charge is -2.05. The summed E-state index contributed by atoms with van der Waals surface area (Å²) in [6.45, 7) is 0. The number of rotatable bonds is 5. The highest BCUT2D eigenvalue weighted by Crippen LogP contribution is 2.15. The minimum Gasteiger partial charge on any atom is -0.325 e. The van der Waals surface area contributed by atoms with E-state index < -0.39 is 0 Å². The van der Waals surface area contributed by atoms with Crippen molar-refractivity contribution in [2.45, 2.75) is 5.75 Å². The van der Waals surface area contributed by atoms with Crippen LogP contribution in [0.15, 0.2) is 54.6 Å². The number of hydrogen-bond donors (Lipinski definition) is 1. The van der Waals surface area contributed by atoms with Crippen LogP contribution >= 0.6 is 23.4 Å². The summed E-state index contributed by atoms with van der Waals surface area (Å²) in [4.78, 5) is 11.7. The highest BCUT2D eigenvalue weighted by atomic mass is 35.5. The van der Waals surface area contributed by atoms with Crippen LogP contribution in [-0.4, -0.2) is 11.7 Å². The van der Waals surface area contributed by atoms with E-state index >= 15 is 0 Å². The summed E-state index contributed by atoms with van der Waals surface area (Å²) in [6, 6.07) is 17.2. The molecule has 0 aromatic heterocycles. The van der Waals surface area contributed by atoms with Crippen LogP contribution in [0.4, 0.5) is 5.69 Å². The molecule has 98 valence electrons. The second kappa shape index (κ2) is 7.22. The summed E-state index contributed by atoms with van der Waals surface area (Å²) in [5, 5.41) is 3.50. The van der Waals surface area contributed by atoms with Crippen LogP contribution in [0.1, 0.15) is 5.56 Å². The molecule has 0 aliphatic carbocycles. The summed E-state index contributed by atoms with van der Waals surface area (Å²) >= 11 is 7.38. The molecule has 0 aliphatic heterocycles. The second-order valence-electron chi connectivity index (χ2n) is 4.03. The van der Waals surface area contributed by atoms with Crippen molar-refractivity contribution in [1.29, 1.82) is 0 Å². The highest BCUT2D eigenvalue weighted by molar-refractivity contribution is 7.99. The zero-order chi connectivity index (χ0) is 13.5. The Morgan fingerprint density at radius 3 is 2.42 bits per heavy atom. The number of amides is 1. The van der Waals surface area contributed by atoms with Crippen LogP contribution in [0.25, 0.3) is 0 Å². The maximum atomic E-state index is 11.7. The number of anilines is 1. The molecule has 0 saturated carbocycles. The van der Waals surface area contributed by atoms with E-state index in [4.69, 9.17) is 11.6 Å². The summed E-state index contributed by atoms with van der Waals surface area (Å²) < 4.78 is 0. The standard InChI is InChI=1S/C15H14ClNOS/c16-13-6-8-14(9-7-13)17-15(18)11-19-10-12-4-2-1-3-5-12/h1-9H,10-11H2,(H,17,18). The molecule has 0 heterocycles. The fraction of sp³-hybridized carbons (Fsp3) is 0.133. The van der Waals surface area contributed by atoms with Gasteiger partial charge in [-0.1, -0.05) is 41.9 Å².